The lowest BCUT2D eigenvalue weighted by molar-refractivity contribution is 0.0916. The van der Waals surface area contributed by atoms with Gasteiger partial charge in [0.1, 0.15) is 5.82 Å². The first kappa shape index (κ1) is 20.2. The normalized spacial score (nSPS) is 11.1. The summed E-state index contributed by atoms with van der Waals surface area (Å²) < 4.78 is 20.3. The maximum atomic E-state index is 13.3. The number of hydrogen-bond acceptors (Lipinski definition) is 5. The Hall–Kier alpha value is -2.58. The molecule has 0 radical (unpaired) electrons. The molecule has 0 atom stereocenters. The zero-order chi connectivity index (χ0) is 19.9. The lowest BCUT2D eigenvalue weighted by Gasteiger charge is -2.06. The lowest BCUT2D eigenvalue weighted by Crippen LogP contribution is -2.26. The number of ether oxygens (including phenoxy) is 1. The molecule has 0 saturated carbocycles. The fraction of sp³-hybridized carbons (Fsp3) is 0.350. The molecule has 0 bridgehead atoms. The van der Waals surface area contributed by atoms with E-state index in [4.69, 9.17) is 4.74 Å². The molecule has 0 saturated heterocycles. The number of carbonyl (C=O) groups excluding carboxylic acids is 1. The molecule has 28 heavy (non-hydrogen) atoms. The van der Waals surface area contributed by atoms with E-state index in [0.29, 0.717) is 37.2 Å². The number of nitrogens with zero attached hydrogens (tertiary/aromatic N) is 3. The maximum Gasteiger partial charge on any atom is 0.290 e. The standard InChI is InChI=1S/C20H23FN4O2S/c1-14(2)13-27-11-4-10-22-20(26)18-23-19(17-5-3-12-28-17)25(24-18)16-8-6-15(21)7-9-16/h3,5-9,12,14H,4,10-11,13H2,1-2H3,(H,22,26). The van der Waals surface area contributed by atoms with Gasteiger partial charge in [-0.25, -0.2) is 14.1 Å². The highest BCUT2D eigenvalue weighted by Crippen LogP contribution is 2.25. The van der Waals surface area contributed by atoms with Crippen LogP contribution in [0.4, 0.5) is 4.39 Å². The van der Waals surface area contributed by atoms with Crippen LogP contribution in [0.1, 0.15) is 30.9 Å². The predicted molar refractivity (Wildman–Crippen MR) is 107 cm³/mol. The van der Waals surface area contributed by atoms with Crippen molar-refractivity contribution in [3.63, 3.8) is 0 Å². The second kappa shape index (κ2) is 9.57. The summed E-state index contributed by atoms with van der Waals surface area (Å²) in [5.74, 6) is 0.439. The molecule has 0 aliphatic carbocycles. The van der Waals surface area contributed by atoms with Gasteiger partial charge in [0.05, 0.1) is 10.6 Å². The van der Waals surface area contributed by atoms with Crippen molar-refractivity contribution in [2.45, 2.75) is 20.3 Å². The van der Waals surface area contributed by atoms with Crippen LogP contribution in [-0.4, -0.2) is 40.4 Å². The molecule has 2 aromatic heterocycles. The molecule has 148 valence electrons. The number of carbonyl (C=O) groups is 1. The van der Waals surface area contributed by atoms with Crippen molar-refractivity contribution in [1.82, 2.24) is 20.1 Å². The van der Waals surface area contributed by atoms with Crippen LogP contribution < -0.4 is 5.32 Å². The van der Waals surface area contributed by atoms with Gasteiger partial charge in [0.25, 0.3) is 5.91 Å². The van der Waals surface area contributed by atoms with E-state index in [9.17, 15) is 9.18 Å². The molecular weight excluding hydrogens is 379 g/mol. The summed E-state index contributed by atoms with van der Waals surface area (Å²) in [5, 5.41) is 9.10. The molecule has 0 unspecified atom stereocenters. The second-order valence-corrected chi connectivity index (χ2v) is 7.65. The number of aromatic nitrogens is 3. The number of halogens is 1. The summed E-state index contributed by atoms with van der Waals surface area (Å²) >= 11 is 1.50. The van der Waals surface area contributed by atoms with E-state index in [2.05, 4.69) is 29.2 Å². The summed E-state index contributed by atoms with van der Waals surface area (Å²) in [7, 11) is 0. The number of hydrogen-bond donors (Lipinski definition) is 1. The lowest BCUT2D eigenvalue weighted by atomic mass is 10.2. The maximum absolute atomic E-state index is 13.3. The minimum Gasteiger partial charge on any atom is -0.381 e. The van der Waals surface area contributed by atoms with E-state index in [1.807, 2.05) is 17.5 Å². The molecule has 1 aromatic carbocycles. The minimum atomic E-state index is -0.345. The van der Waals surface area contributed by atoms with E-state index >= 15 is 0 Å². The molecule has 0 fully saturated rings. The fourth-order valence-electron chi connectivity index (χ4n) is 2.51. The van der Waals surface area contributed by atoms with Crippen molar-refractivity contribution in [3.05, 3.63) is 53.4 Å². The first-order chi connectivity index (χ1) is 13.5. The van der Waals surface area contributed by atoms with Gasteiger partial charge < -0.3 is 10.1 Å². The number of thiophene rings is 1. The van der Waals surface area contributed by atoms with E-state index in [0.717, 1.165) is 11.3 Å². The highest BCUT2D eigenvalue weighted by molar-refractivity contribution is 7.13. The third-order valence-corrected chi connectivity index (χ3v) is 4.69. The van der Waals surface area contributed by atoms with Crippen LogP contribution in [0, 0.1) is 11.7 Å². The molecular formula is C20H23FN4O2S. The highest BCUT2D eigenvalue weighted by atomic mass is 32.1. The minimum absolute atomic E-state index is 0.0795. The van der Waals surface area contributed by atoms with Crippen molar-refractivity contribution in [2.75, 3.05) is 19.8 Å². The van der Waals surface area contributed by atoms with E-state index < -0.39 is 0 Å². The molecule has 8 heteroatoms. The fourth-order valence-corrected chi connectivity index (χ4v) is 3.21. The van der Waals surface area contributed by atoms with E-state index in [-0.39, 0.29) is 17.5 Å². The van der Waals surface area contributed by atoms with Gasteiger partial charge in [0, 0.05) is 19.8 Å². The molecule has 0 aliphatic heterocycles. The Balaban J connectivity index is 1.70. The van der Waals surface area contributed by atoms with Crippen molar-refractivity contribution in [3.8, 4) is 16.4 Å². The third kappa shape index (κ3) is 5.24. The quantitative estimate of drug-likeness (QED) is 0.551. The molecule has 6 nitrogen and oxygen atoms in total. The first-order valence-corrected chi connectivity index (χ1v) is 10.1. The Labute approximate surface area is 167 Å². The molecule has 1 amide bonds. The Morgan fingerprint density at radius 1 is 1.29 bits per heavy atom. The van der Waals surface area contributed by atoms with Crippen LogP contribution in [0.5, 0.6) is 0 Å². The predicted octanol–water partition coefficient (Wildman–Crippen LogP) is 3.93. The number of nitrogens with one attached hydrogen (secondary N) is 1. The summed E-state index contributed by atoms with van der Waals surface area (Å²) in [6.07, 6.45) is 0.717. The Bertz CT molecular complexity index is 892. The van der Waals surface area contributed by atoms with Gasteiger partial charge in [-0.3, -0.25) is 4.79 Å². The van der Waals surface area contributed by atoms with E-state index in [1.165, 1.54) is 23.5 Å². The van der Waals surface area contributed by atoms with Gasteiger partial charge >= 0.3 is 0 Å². The van der Waals surface area contributed by atoms with Crippen molar-refractivity contribution in [2.24, 2.45) is 5.92 Å². The molecule has 1 N–H and O–H groups in total. The Morgan fingerprint density at radius 3 is 2.75 bits per heavy atom. The molecule has 3 aromatic rings. The van der Waals surface area contributed by atoms with Gasteiger partial charge in [-0.05, 0) is 48.1 Å². The van der Waals surface area contributed by atoms with Crippen molar-refractivity contribution >= 4 is 17.2 Å². The van der Waals surface area contributed by atoms with Gasteiger partial charge in [0.15, 0.2) is 5.82 Å². The van der Waals surface area contributed by atoms with Crippen LogP contribution in [0.25, 0.3) is 16.4 Å². The average Bonchev–Trinajstić information content (AvgIpc) is 3.34. The topological polar surface area (TPSA) is 69.0 Å². The zero-order valence-corrected chi connectivity index (χ0v) is 16.7. The Morgan fingerprint density at radius 2 is 2.07 bits per heavy atom. The highest BCUT2D eigenvalue weighted by Gasteiger charge is 2.19. The molecule has 0 spiro atoms. The zero-order valence-electron chi connectivity index (χ0n) is 15.9. The molecule has 2 heterocycles. The van der Waals surface area contributed by atoms with Gasteiger partial charge in [-0.2, -0.15) is 0 Å². The van der Waals surface area contributed by atoms with Gasteiger partial charge in [-0.15, -0.1) is 16.4 Å². The van der Waals surface area contributed by atoms with Gasteiger partial charge in [0.2, 0.25) is 5.82 Å². The van der Waals surface area contributed by atoms with Crippen molar-refractivity contribution < 1.29 is 13.9 Å². The summed E-state index contributed by atoms with van der Waals surface area (Å²) in [4.78, 5) is 17.7. The number of amides is 1. The third-order valence-electron chi connectivity index (χ3n) is 3.83. The van der Waals surface area contributed by atoms with Crippen LogP contribution >= 0.6 is 11.3 Å². The molecule has 3 rings (SSSR count). The SMILES string of the molecule is CC(C)COCCCNC(=O)c1nc(-c2cccs2)n(-c2ccc(F)cc2)n1. The summed E-state index contributed by atoms with van der Waals surface area (Å²) in [6.45, 7) is 5.97. The van der Waals surface area contributed by atoms with Crippen LogP contribution in [-0.2, 0) is 4.74 Å². The van der Waals surface area contributed by atoms with E-state index in [1.54, 1.807) is 16.8 Å². The van der Waals surface area contributed by atoms with Gasteiger partial charge in [-0.1, -0.05) is 19.9 Å². The monoisotopic (exact) mass is 402 g/mol. The van der Waals surface area contributed by atoms with Crippen molar-refractivity contribution in [1.29, 1.82) is 0 Å². The summed E-state index contributed by atoms with van der Waals surface area (Å²) in [5.41, 5.74) is 0.637. The van der Waals surface area contributed by atoms with Crippen LogP contribution in [0.3, 0.4) is 0 Å². The molecule has 0 aliphatic rings. The first-order valence-electron chi connectivity index (χ1n) is 9.17. The number of rotatable bonds is 9. The second-order valence-electron chi connectivity index (χ2n) is 6.70. The van der Waals surface area contributed by atoms with Crippen LogP contribution in [0.15, 0.2) is 41.8 Å². The smallest absolute Gasteiger partial charge is 0.290 e. The van der Waals surface area contributed by atoms with Crippen LogP contribution in [0.2, 0.25) is 0 Å². The average molecular weight is 402 g/mol. The largest absolute Gasteiger partial charge is 0.381 e. The Kier molecular flexibility index (Phi) is 6.89. The summed E-state index contributed by atoms with van der Waals surface area (Å²) in [6, 6.07) is 9.73. The number of benzene rings is 1.